The second-order valence-electron chi connectivity index (χ2n) is 7.16. The highest BCUT2D eigenvalue weighted by atomic mass is 35.5. The lowest BCUT2D eigenvalue weighted by molar-refractivity contribution is 0.0938. The summed E-state index contributed by atoms with van der Waals surface area (Å²) in [6.07, 6.45) is 0. The van der Waals surface area contributed by atoms with E-state index in [1.54, 1.807) is 17.7 Å². The number of hydrogen-bond donors (Lipinski definition) is 1. The fourth-order valence-electron chi connectivity index (χ4n) is 3.24. The van der Waals surface area contributed by atoms with E-state index in [9.17, 15) is 4.79 Å². The zero-order valence-electron chi connectivity index (χ0n) is 16.9. The van der Waals surface area contributed by atoms with Gasteiger partial charge in [0.15, 0.2) is 5.65 Å². The average Bonchev–Trinajstić information content (AvgIpc) is 3.17. The van der Waals surface area contributed by atoms with E-state index in [1.807, 2.05) is 68.4 Å². The molecule has 0 saturated heterocycles. The molecule has 4 rings (SSSR count). The van der Waals surface area contributed by atoms with E-state index in [0.717, 1.165) is 16.8 Å². The third-order valence-electron chi connectivity index (χ3n) is 4.60. The summed E-state index contributed by atoms with van der Waals surface area (Å²) in [5.74, 6) is 0.446. The van der Waals surface area contributed by atoms with Crippen molar-refractivity contribution in [3.05, 3.63) is 71.4 Å². The lowest BCUT2D eigenvalue weighted by Gasteiger charge is -2.12. The van der Waals surface area contributed by atoms with Crippen LogP contribution in [0, 0.1) is 0 Å². The predicted molar refractivity (Wildman–Crippen MR) is 118 cm³/mol. The molecular weight excluding hydrogens is 400 g/mol. The molecule has 0 fully saturated rings. The van der Waals surface area contributed by atoms with Gasteiger partial charge in [-0.3, -0.25) is 4.79 Å². The van der Waals surface area contributed by atoms with Gasteiger partial charge in [-0.25, -0.2) is 9.50 Å². The van der Waals surface area contributed by atoms with Crippen LogP contribution in [0.5, 0.6) is 5.75 Å². The van der Waals surface area contributed by atoms with Crippen LogP contribution in [0.1, 0.15) is 24.3 Å². The number of carbonyl (C=O) groups is 1. The molecule has 1 N–H and O–H groups in total. The minimum atomic E-state index is -0.238. The summed E-state index contributed by atoms with van der Waals surface area (Å²) in [4.78, 5) is 17.3. The van der Waals surface area contributed by atoms with Crippen LogP contribution >= 0.6 is 11.6 Å². The van der Waals surface area contributed by atoms with Crippen molar-refractivity contribution in [2.45, 2.75) is 19.9 Å². The number of fused-ring (bicyclic) bond motifs is 1. The van der Waals surface area contributed by atoms with Gasteiger partial charge in [-0.05, 0) is 44.2 Å². The largest absolute Gasteiger partial charge is 0.496 e. The lowest BCUT2D eigenvalue weighted by atomic mass is 10.1. The van der Waals surface area contributed by atoms with Gasteiger partial charge in [-0.15, -0.1) is 0 Å². The van der Waals surface area contributed by atoms with Gasteiger partial charge in [-0.2, -0.15) is 5.10 Å². The SMILES string of the molecule is COc1ccccc1-c1cc(C(=O)NC(C)C)nc2cc(-c3ccc(Cl)cc3)nn12. The zero-order chi connectivity index (χ0) is 21.3. The molecule has 4 aromatic rings. The molecule has 0 aliphatic carbocycles. The van der Waals surface area contributed by atoms with Crippen LogP contribution in [-0.2, 0) is 0 Å². The van der Waals surface area contributed by atoms with Crippen LogP contribution < -0.4 is 10.1 Å². The van der Waals surface area contributed by atoms with E-state index < -0.39 is 0 Å². The molecule has 7 heteroatoms. The summed E-state index contributed by atoms with van der Waals surface area (Å²) in [5.41, 5.74) is 4.06. The van der Waals surface area contributed by atoms with Crippen molar-refractivity contribution in [2.75, 3.05) is 7.11 Å². The standard InChI is InChI=1S/C23H21ClN4O2/c1-14(2)25-23(29)19-12-20(17-6-4-5-7-21(17)30-3)28-22(26-19)13-18(27-28)15-8-10-16(24)11-9-15/h4-14H,1-3H3,(H,25,29). The maximum atomic E-state index is 12.7. The molecule has 0 saturated carbocycles. The Morgan fingerprint density at radius 1 is 1.10 bits per heavy atom. The summed E-state index contributed by atoms with van der Waals surface area (Å²) in [6.45, 7) is 3.82. The molecule has 152 valence electrons. The minimum absolute atomic E-state index is 0.000207. The number of amides is 1. The Morgan fingerprint density at radius 2 is 1.83 bits per heavy atom. The number of ether oxygens (including phenoxy) is 1. The van der Waals surface area contributed by atoms with E-state index >= 15 is 0 Å². The van der Waals surface area contributed by atoms with Crippen LogP contribution in [0.25, 0.3) is 28.2 Å². The first-order chi connectivity index (χ1) is 14.5. The third kappa shape index (κ3) is 3.86. The molecule has 0 bridgehead atoms. The van der Waals surface area contributed by atoms with E-state index in [-0.39, 0.29) is 11.9 Å². The van der Waals surface area contributed by atoms with Crippen molar-refractivity contribution < 1.29 is 9.53 Å². The van der Waals surface area contributed by atoms with Gasteiger partial charge in [0.1, 0.15) is 11.4 Å². The van der Waals surface area contributed by atoms with Crippen LogP contribution in [0.3, 0.4) is 0 Å². The van der Waals surface area contributed by atoms with Gasteiger partial charge >= 0.3 is 0 Å². The van der Waals surface area contributed by atoms with Crippen molar-refractivity contribution in [3.8, 4) is 28.3 Å². The molecule has 2 aromatic heterocycles. The lowest BCUT2D eigenvalue weighted by Crippen LogP contribution is -2.31. The Hall–Kier alpha value is -3.38. The van der Waals surface area contributed by atoms with Crippen molar-refractivity contribution in [3.63, 3.8) is 0 Å². The molecule has 6 nitrogen and oxygen atoms in total. The highest BCUT2D eigenvalue weighted by molar-refractivity contribution is 6.30. The molecule has 30 heavy (non-hydrogen) atoms. The highest BCUT2D eigenvalue weighted by Crippen LogP contribution is 2.31. The van der Waals surface area contributed by atoms with Crippen molar-refractivity contribution in [1.82, 2.24) is 19.9 Å². The number of carbonyl (C=O) groups excluding carboxylic acids is 1. The maximum absolute atomic E-state index is 12.7. The number of methoxy groups -OCH3 is 1. The molecular formula is C23H21ClN4O2. The Kier molecular flexibility index (Phi) is 5.42. The smallest absolute Gasteiger partial charge is 0.270 e. The fourth-order valence-corrected chi connectivity index (χ4v) is 3.36. The Morgan fingerprint density at radius 3 is 2.53 bits per heavy atom. The predicted octanol–water partition coefficient (Wildman–Crippen LogP) is 4.86. The molecule has 0 radical (unpaired) electrons. The summed E-state index contributed by atoms with van der Waals surface area (Å²) in [6, 6.07) is 18.7. The topological polar surface area (TPSA) is 68.5 Å². The summed E-state index contributed by atoms with van der Waals surface area (Å²) < 4.78 is 7.27. The summed E-state index contributed by atoms with van der Waals surface area (Å²) >= 11 is 6.02. The second-order valence-corrected chi connectivity index (χ2v) is 7.60. The number of aromatic nitrogens is 3. The number of nitrogens with zero attached hydrogens (tertiary/aromatic N) is 3. The van der Waals surface area contributed by atoms with Crippen LogP contribution in [0.2, 0.25) is 5.02 Å². The number of benzene rings is 2. The van der Waals surface area contributed by atoms with E-state index in [2.05, 4.69) is 10.3 Å². The van der Waals surface area contributed by atoms with E-state index in [1.165, 1.54) is 0 Å². The molecule has 0 aliphatic rings. The molecule has 0 aliphatic heterocycles. The van der Waals surface area contributed by atoms with E-state index in [4.69, 9.17) is 21.4 Å². The molecule has 1 amide bonds. The molecule has 2 heterocycles. The summed E-state index contributed by atoms with van der Waals surface area (Å²) in [5, 5.41) is 8.30. The van der Waals surface area contributed by atoms with Crippen LogP contribution in [0.15, 0.2) is 60.7 Å². The summed E-state index contributed by atoms with van der Waals surface area (Å²) in [7, 11) is 1.62. The van der Waals surface area contributed by atoms with Gasteiger partial charge in [-0.1, -0.05) is 35.9 Å². The van der Waals surface area contributed by atoms with Crippen LogP contribution in [-0.4, -0.2) is 33.7 Å². The van der Waals surface area contributed by atoms with Gasteiger partial charge in [0.25, 0.3) is 5.91 Å². The third-order valence-corrected chi connectivity index (χ3v) is 4.85. The molecule has 0 unspecified atom stereocenters. The van der Waals surface area contributed by atoms with Crippen LogP contribution in [0.4, 0.5) is 0 Å². The number of hydrogen-bond acceptors (Lipinski definition) is 4. The van der Waals surface area contributed by atoms with Gasteiger partial charge < -0.3 is 10.1 Å². The van der Waals surface area contributed by atoms with Gasteiger partial charge in [0.2, 0.25) is 0 Å². The zero-order valence-corrected chi connectivity index (χ0v) is 17.6. The average molecular weight is 421 g/mol. The molecule has 2 aromatic carbocycles. The first kappa shape index (κ1) is 19.9. The minimum Gasteiger partial charge on any atom is -0.496 e. The first-order valence-corrected chi connectivity index (χ1v) is 9.95. The monoisotopic (exact) mass is 420 g/mol. The Balaban J connectivity index is 1.94. The highest BCUT2D eigenvalue weighted by Gasteiger charge is 2.18. The Bertz CT molecular complexity index is 1220. The number of nitrogens with one attached hydrogen (secondary N) is 1. The molecule has 0 atom stereocenters. The van der Waals surface area contributed by atoms with Gasteiger partial charge in [0, 0.05) is 28.3 Å². The maximum Gasteiger partial charge on any atom is 0.270 e. The molecule has 0 spiro atoms. The van der Waals surface area contributed by atoms with E-state index in [0.29, 0.717) is 27.8 Å². The van der Waals surface area contributed by atoms with Crippen molar-refractivity contribution in [2.24, 2.45) is 0 Å². The Labute approximate surface area is 179 Å². The number of rotatable bonds is 5. The number of para-hydroxylation sites is 1. The first-order valence-electron chi connectivity index (χ1n) is 9.57. The van der Waals surface area contributed by atoms with Gasteiger partial charge in [0.05, 0.1) is 18.5 Å². The van der Waals surface area contributed by atoms with Crippen molar-refractivity contribution >= 4 is 23.2 Å². The van der Waals surface area contributed by atoms with Crippen molar-refractivity contribution in [1.29, 1.82) is 0 Å². The second kappa shape index (κ2) is 8.16. The fraction of sp³-hybridized carbons (Fsp3) is 0.174. The quantitative estimate of drug-likeness (QED) is 0.500. The number of halogens is 1. The normalized spacial score (nSPS) is 11.1.